The second-order valence-corrected chi connectivity index (χ2v) is 3.47. The van der Waals surface area contributed by atoms with Crippen LogP contribution in [-0.4, -0.2) is 6.54 Å². The van der Waals surface area contributed by atoms with Gasteiger partial charge >= 0.3 is 0 Å². The van der Waals surface area contributed by atoms with Gasteiger partial charge in [-0.25, -0.2) is 4.39 Å². The fraction of sp³-hybridized carbons (Fsp3) is 0.500. The van der Waals surface area contributed by atoms with E-state index in [9.17, 15) is 4.39 Å². The van der Waals surface area contributed by atoms with E-state index in [4.69, 9.17) is 0 Å². The van der Waals surface area contributed by atoms with Crippen molar-refractivity contribution in [3.05, 3.63) is 35.6 Å². The maximum atomic E-state index is 13.0. The summed E-state index contributed by atoms with van der Waals surface area (Å²) >= 11 is 0. The number of nitrogens with one attached hydrogen (secondary N) is 1. The molecule has 1 N–H and O–H groups in total. The third-order valence-corrected chi connectivity index (χ3v) is 2.30. The van der Waals surface area contributed by atoms with Gasteiger partial charge in [-0.15, -0.1) is 0 Å². The van der Waals surface area contributed by atoms with Gasteiger partial charge in [0.1, 0.15) is 5.82 Å². The Balaban J connectivity index is 2.68. The van der Waals surface area contributed by atoms with E-state index in [2.05, 4.69) is 19.2 Å². The van der Waals surface area contributed by atoms with Crippen LogP contribution in [0.3, 0.4) is 0 Å². The van der Waals surface area contributed by atoms with Crippen LogP contribution in [0.25, 0.3) is 0 Å². The summed E-state index contributed by atoms with van der Waals surface area (Å²) in [5, 5.41) is 3.40. The SMILES string of the molecule is CCCNC(CC)c1cccc(F)c1. The average molecular weight is 195 g/mol. The summed E-state index contributed by atoms with van der Waals surface area (Å²) in [7, 11) is 0. The van der Waals surface area contributed by atoms with E-state index in [1.165, 1.54) is 6.07 Å². The van der Waals surface area contributed by atoms with Crippen molar-refractivity contribution in [2.24, 2.45) is 0 Å². The largest absolute Gasteiger partial charge is 0.310 e. The predicted molar refractivity (Wildman–Crippen MR) is 57.7 cm³/mol. The molecule has 1 aromatic rings. The van der Waals surface area contributed by atoms with Gasteiger partial charge in [-0.05, 0) is 37.1 Å². The lowest BCUT2D eigenvalue weighted by Gasteiger charge is -2.16. The zero-order valence-electron chi connectivity index (χ0n) is 8.89. The Morgan fingerprint density at radius 1 is 1.36 bits per heavy atom. The zero-order valence-corrected chi connectivity index (χ0v) is 8.89. The van der Waals surface area contributed by atoms with Crippen molar-refractivity contribution in [1.82, 2.24) is 5.32 Å². The van der Waals surface area contributed by atoms with Gasteiger partial charge in [0.15, 0.2) is 0 Å². The van der Waals surface area contributed by atoms with Crippen molar-refractivity contribution in [3.8, 4) is 0 Å². The van der Waals surface area contributed by atoms with E-state index in [1.807, 2.05) is 6.07 Å². The Bertz CT molecular complexity index is 273. The third-order valence-electron chi connectivity index (χ3n) is 2.30. The minimum atomic E-state index is -0.153. The summed E-state index contributed by atoms with van der Waals surface area (Å²) in [6, 6.07) is 7.11. The molecule has 1 unspecified atom stereocenters. The molecule has 0 heterocycles. The Labute approximate surface area is 85.3 Å². The van der Waals surface area contributed by atoms with Crippen LogP contribution in [0.2, 0.25) is 0 Å². The number of hydrogen-bond acceptors (Lipinski definition) is 1. The summed E-state index contributed by atoms with van der Waals surface area (Å²) in [5.41, 5.74) is 1.04. The Kier molecular flexibility index (Phi) is 4.60. The Morgan fingerprint density at radius 3 is 2.71 bits per heavy atom. The Hall–Kier alpha value is -0.890. The molecule has 0 saturated heterocycles. The van der Waals surface area contributed by atoms with Crippen LogP contribution in [0.4, 0.5) is 4.39 Å². The van der Waals surface area contributed by atoms with Crippen molar-refractivity contribution < 1.29 is 4.39 Å². The van der Waals surface area contributed by atoms with Gasteiger partial charge in [-0.3, -0.25) is 0 Å². The van der Waals surface area contributed by atoms with E-state index < -0.39 is 0 Å². The van der Waals surface area contributed by atoms with E-state index in [0.29, 0.717) is 0 Å². The van der Waals surface area contributed by atoms with Crippen molar-refractivity contribution in [3.63, 3.8) is 0 Å². The van der Waals surface area contributed by atoms with Crippen LogP contribution >= 0.6 is 0 Å². The summed E-state index contributed by atoms with van der Waals surface area (Å²) in [4.78, 5) is 0. The lowest BCUT2D eigenvalue weighted by atomic mass is 10.0. The van der Waals surface area contributed by atoms with E-state index in [0.717, 1.165) is 24.9 Å². The number of hydrogen-bond donors (Lipinski definition) is 1. The van der Waals surface area contributed by atoms with E-state index in [-0.39, 0.29) is 11.9 Å². The van der Waals surface area contributed by atoms with Gasteiger partial charge in [0, 0.05) is 6.04 Å². The molecule has 0 aliphatic heterocycles. The highest BCUT2D eigenvalue weighted by Crippen LogP contribution is 2.17. The molecule has 0 fully saturated rings. The van der Waals surface area contributed by atoms with Crippen molar-refractivity contribution >= 4 is 0 Å². The first kappa shape index (κ1) is 11.2. The zero-order chi connectivity index (χ0) is 10.4. The quantitative estimate of drug-likeness (QED) is 0.760. The molecule has 0 amide bonds. The molecule has 14 heavy (non-hydrogen) atoms. The highest BCUT2D eigenvalue weighted by Gasteiger charge is 2.07. The van der Waals surface area contributed by atoms with Crippen LogP contribution in [0, 0.1) is 5.82 Å². The lowest BCUT2D eigenvalue weighted by molar-refractivity contribution is 0.514. The second kappa shape index (κ2) is 5.76. The summed E-state index contributed by atoms with van der Waals surface area (Å²) in [6.45, 7) is 5.22. The first-order chi connectivity index (χ1) is 6.77. The fourth-order valence-corrected chi connectivity index (χ4v) is 1.54. The van der Waals surface area contributed by atoms with Gasteiger partial charge in [0.2, 0.25) is 0 Å². The second-order valence-electron chi connectivity index (χ2n) is 3.47. The number of benzene rings is 1. The molecule has 1 nitrogen and oxygen atoms in total. The summed E-state index contributed by atoms with van der Waals surface area (Å²) in [6.07, 6.45) is 2.09. The number of halogens is 1. The lowest BCUT2D eigenvalue weighted by Crippen LogP contribution is -2.21. The van der Waals surface area contributed by atoms with Gasteiger partial charge < -0.3 is 5.32 Å². The molecular weight excluding hydrogens is 177 g/mol. The molecule has 78 valence electrons. The average Bonchev–Trinajstić information content (AvgIpc) is 2.19. The van der Waals surface area contributed by atoms with E-state index in [1.54, 1.807) is 12.1 Å². The molecule has 2 heteroatoms. The first-order valence-corrected chi connectivity index (χ1v) is 5.26. The van der Waals surface area contributed by atoms with Crippen LogP contribution in [0.1, 0.15) is 38.3 Å². The van der Waals surface area contributed by atoms with Gasteiger partial charge in [-0.1, -0.05) is 26.0 Å². The normalized spacial score (nSPS) is 12.8. The molecule has 1 aromatic carbocycles. The molecule has 0 spiro atoms. The standard InChI is InChI=1S/C12H18FN/c1-3-8-14-12(4-2)10-6-5-7-11(13)9-10/h5-7,9,12,14H,3-4,8H2,1-2H3. The van der Waals surface area contributed by atoms with Crippen LogP contribution in [-0.2, 0) is 0 Å². The monoisotopic (exact) mass is 195 g/mol. The Morgan fingerprint density at radius 2 is 2.14 bits per heavy atom. The van der Waals surface area contributed by atoms with Crippen LogP contribution in [0.5, 0.6) is 0 Å². The fourth-order valence-electron chi connectivity index (χ4n) is 1.54. The van der Waals surface area contributed by atoms with Crippen molar-refractivity contribution in [2.75, 3.05) is 6.54 Å². The first-order valence-electron chi connectivity index (χ1n) is 5.26. The highest BCUT2D eigenvalue weighted by atomic mass is 19.1. The minimum Gasteiger partial charge on any atom is -0.310 e. The minimum absolute atomic E-state index is 0.153. The maximum Gasteiger partial charge on any atom is 0.123 e. The molecule has 0 radical (unpaired) electrons. The maximum absolute atomic E-state index is 13.0. The van der Waals surface area contributed by atoms with Gasteiger partial charge in [-0.2, -0.15) is 0 Å². The molecule has 1 rings (SSSR count). The molecule has 0 aliphatic rings. The summed E-state index contributed by atoms with van der Waals surface area (Å²) in [5.74, 6) is -0.153. The number of rotatable bonds is 5. The molecule has 0 saturated carbocycles. The summed E-state index contributed by atoms with van der Waals surface area (Å²) < 4.78 is 13.0. The molecular formula is C12H18FN. The molecule has 0 aromatic heterocycles. The van der Waals surface area contributed by atoms with Crippen LogP contribution < -0.4 is 5.32 Å². The third kappa shape index (κ3) is 3.11. The van der Waals surface area contributed by atoms with Crippen molar-refractivity contribution in [1.29, 1.82) is 0 Å². The molecule has 1 atom stereocenters. The highest BCUT2D eigenvalue weighted by molar-refractivity contribution is 5.19. The van der Waals surface area contributed by atoms with E-state index >= 15 is 0 Å². The van der Waals surface area contributed by atoms with Gasteiger partial charge in [0.25, 0.3) is 0 Å². The molecule has 0 bridgehead atoms. The van der Waals surface area contributed by atoms with Gasteiger partial charge in [0.05, 0.1) is 0 Å². The predicted octanol–water partition coefficient (Wildman–Crippen LogP) is 3.28. The smallest absolute Gasteiger partial charge is 0.123 e. The van der Waals surface area contributed by atoms with Crippen LogP contribution in [0.15, 0.2) is 24.3 Å². The molecule has 0 aliphatic carbocycles. The van der Waals surface area contributed by atoms with Crippen molar-refractivity contribution in [2.45, 2.75) is 32.7 Å². The topological polar surface area (TPSA) is 12.0 Å².